The molecule has 2 heterocycles. The second-order valence-electron chi connectivity index (χ2n) is 5.54. The lowest BCUT2D eigenvalue weighted by Crippen LogP contribution is -2.49. The van der Waals surface area contributed by atoms with Crippen LogP contribution in [0.5, 0.6) is 0 Å². The SMILES string of the molecule is C[C@H](NC(=O)[C@@H](C)N)C(=O)NCc1cnc2c(c1)c(Cl)cn2C. The first kappa shape index (κ1) is 17.2. The second-order valence-corrected chi connectivity index (χ2v) is 5.95. The van der Waals surface area contributed by atoms with Crippen molar-refractivity contribution in [1.82, 2.24) is 20.2 Å². The largest absolute Gasteiger partial charge is 0.350 e. The monoisotopic (exact) mass is 337 g/mol. The number of hydrogen-bond acceptors (Lipinski definition) is 4. The maximum absolute atomic E-state index is 12.0. The van der Waals surface area contributed by atoms with Crippen LogP contribution in [0.15, 0.2) is 18.5 Å². The predicted molar refractivity (Wildman–Crippen MR) is 88.8 cm³/mol. The molecule has 2 atom stereocenters. The smallest absolute Gasteiger partial charge is 0.242 e. The van der Waals surface area contributed by atoms with Gasteiger partial charge in [-0.2, -0.15) is 0 Å². The van der Waals surface area contributed by atoms with E-state index in [4.69, 9.17) is 17.3 Å². The van der Waals surface area contributed by atoms with E-state index in [0.717, 1.165) is 16.6 Å². The molecule has 8 heteroatoms. The summed E-state index contributed by atoms with van der Waals surface area (Å²) in [6.07, 6.45) is 3.47. The molecule has 0 aliphatic rings. The molecule has 2 amide bonds. The highest BCUT2D eigenvalue weighted by Gasteiger charge is 2.17. The van der Waals surface area contributed by atoms with Gasteiger partial charge in [-0.3, -0.25) is 9.59 Å². The Morgan fingerprint density at radius 2 is 2.09 bits per heavy atom. The third kappa shape index (κ3) is 4.00. The normalized spacial score (nSPS) is 13.6. The Morgan fingerprint density at radius 1 is 1.39 bits per heavy atom. The van der Waals surface area contributed by atoms with Crippen molar-refractivity contribution in [3.05, 3.63) is 29.0 Å². The van der Waals surface area contributed by atoms with E-state index in [1.807, 2.05) is 17.7 Å². The van der Waals surface area contributed by atoms with Crippen LogP contribution in [0, 0.1) is 0 Å². The van der Waals surface area contributed by atoms with Crippen LogP contribution in [0.2, 0.25) is 5.02 Å². The molecule has 124 valence electrons. The second kappa shape index (κ2) is 6.97. The standard InChI is InChI=1S/C15H20ClN5O2/c1-8(17)14(22)20-9(2)15(23)19-6-10-4-11-12(16)7-21(3)13(11)18-5-10/h4-5,7-9H,6,17H2,1-3H3,(H,19,23)(H,20,22)/t8-,9+/m1/s1. The molecule has 7 nitrogen and oxygen atoms in total. The number of amides is 2. The molecular weight excluding hydrogens is 318 g/mol. The van der Waals surface area contributed by atoms with Crippen molar-refractivity contribution in [2.45, 2.75) is 32.5 Å². The van der Waals surface area contributed by atoms with Gasteiger partial charge in [0.1, 0.15) is 11.7 Å². The van der Waals surface area contributed by atoms with Crippen LogP contribution in [0.4, 0.5) is 0 Å². The summed E-state index contributed by atoms with van der Waals surface area (Å²) in [4.78, 5) is 27.8. The van der Waals surface area contributed by atoms with Crippen LogP contribution in [0.25, 0.3) is 11.0 Å². The van der Waals surface area contributed by atoms with E-state index in [-0.39, 0.29) is 11.8 Å². The summed E-state index contributed by atoms with van der Waals surface area (Å²) in [6.45, 7) is 3.46. The summed E-state index contributed by atoms with van der Waals surface area (Å²) in [6, 6.07) is 0.568. The maximum Gasteiger partial charge on any atom is 0.242 e. The minimum atomic E-state index is -0.662. The number of fused-ring (bicyclic) bond motifs is 1. The number of carbonyl (C=O) groups is 2. The van der Waals surface area contributed by atoms with Crippen molar-refractivity contribution in [2.75, 3.05) is 0 Å². The van der Waals surface area contributed by atoms with E-state index >= 15 is 0 Å². The van der Waals surface area contributed by atoms with Crippen LogP contribution in [0.3, 0.4) is 0 Å². The van der Waals surface area contributed by atoms with E-state index in [1.54, 1.807) is 26.2 Å². The topological polar surface area (TPSA) is 102 Å². The van der Waals surface area contributed by atoms with Crippen molar-refractivity contribution in [3.8, 4) is 0 Å². The Hall–Kier alpha value is -2.12. The van der Waals surface area contributed by atoms with Gasteiger partial charge in [-0.05, 0) is 25.5 Å². The van der Waals surface area contributed by atoms with E-state index in [1.165, 1.54) is 0 Å². The predicted octanol–water partition coefficient (Wildman–Crippen LogP) is 0.695. The molecule has 0 aliphatic carbocycles. The van der Waals surface area contributed by atoms with Crippen molar-refractivity contribution >= 4 is 34.4 Å². The minimum absolute atomic E-state index is 0.293. The Bertz CT molecular complexity index is 741. The summed E-state index contributed by atoms with van der Waals surface area (Å²) >= 11 is 6.14. The first-order valence-corrected chi connectivity index (χ1v) is 7.60. The molecule has 0 saturated heterocycles. The molecule has 0 unspecified atom stereocenters. The third-order valence-electron chi connectivity index (χ3n) is 3.45. The molecule has 0 spiro atoms. The highest BCUT2D eigenvalue weighted by Crippen LogP contribution is 2.24. The summed E-state index contributed by atoms with van der Waals surface area (Å²) < 4.78 is 1.84. The van der Waals surface area contributed by atoms with Crippen LogP contribution in [0.1, 0.15) is 19.4 Å². The number of aromatic nitrogens is 2. The number of aryl methyl sites for hydroxylation is 1. The van der Waals surface area contributed by atoms with Gasteiger partial charge in [0.25, 0.3) is 0 Å². The lowest BCUT2D eigenvalue weighted by molar-refractivity contribution is -0.129. The van der Waals surface area contributed by atoms with Gasteiger partial charge in [0.2, 0.25) is 11.8 Å². The number of pyridine rings is 1. The molecule has 0 fully saturated rings. The van der Waals surface area contributed by atoms with Gasteiger partial charge in [-0.25, -0.2) is 4.98 Å². The van der Waals surface area contributed by atoms with Crippen molar-refractivity contribution in [3.63, 3.8) is 0 Å². The molecule has 0 saturated carbocycles. The van der Waals surface area contributed by atoms with Crippen LogP contribution in [-0.2, 0) is 23.2 Å². The average molecular weight is 338 g/mol. The van der Waals surface area contributed by atoms with Gasteiger partial charge < -0.3 is 20.9 Å². The van der Waals surface area contributed by atoms with Crippen LogP contribution < -0.4 is 16.4 Å². The summed E-state index contributed by atoms with van der Waals surface area (Å²) in [7, 11) is 1.87. The van der Waals surface area contributed by atoms with Crippen LogP contribution >= 0.6 is 11.6 Å². The zero-order valence-corrected chi connectivity index (χ0v) is 14.0. The number of nitrogens with one attached hydrogen (secondary N) is 2. The van der Waals surface area contributed by atoms with E-state index in [0.29, 0.717) is 11.6 Å². The first-order valence-electron chi connectivity index (χ1n) is 7.22. The molecular formula is C15H20ClN5O2. The van der Waals surface area contributed by atoms with Gasteiger partial charge >= 0.3 is 0 Å². The van der Waals surface area contributed by atoms with Crippen molar-refractivity contribution < 1.29 is 9.59 Å². The van der Waals surface area contributed by atoms with Crippen molar-refractivity contribution in [2.24, 2.45) is 12.8 Å². The number of nitrogens with zero attached hydrogens (tertiary/aromatic N) is 2. The molecule has 0 radical (unpaired) electrons. The fourth-order valence-electron chi connectivity index (χ4n) is 2.11. The third-order valence-corrected chi connectivity index (χ3v) is 3.76. The zero-order valence-electron chi connectivity index (χ0n) is 13.3. The Morgan fingerprint density at radius 3 is 2.74 bits per heavy atom. The average Bonchev–Trinajstić information content (AvgIpc) is 2.79. The number of hydrogen-bond donors (Lipinski definition) is 3. The fraction of sp³-hybridized carbons (Fsp3) is 0.400. The first-order chi connectivity index (χ1) is 10.8. The van der Waals surface area contributed by atoms with Gasteiger partial charge in [-0.1, -0.05) is 11.6 Å². The lowest BCUT2D eigenvalue weighted by atomic mass is 10.2. The van der Waals surface area contributed by atoms with Gasteiger partial charge in [0.05, 0.1) is 11.1 Å². The van der Waals surface area contributed by atoms with Crippen molar-refractivity contribution in [1.29, 1.82) is 0 Å². The quantitative estimate of drug-likeness (QED) is 0.747. The molecule has 0 aliphatic heterocycles. The van der Waals surface area contributed by atoms with E-state index < -0.39 is 12.1 Å². The molecule has 2 rings (SSSR count). The van der Waals surface area contributed by atoms with Crippen LogP contribution in [-0.4, -0.2) is 33.4 Å². The highest BCUT2D eigenvalue weighted by molar-refractivity contribution is 6.35. The number of halogens is 1. The molecule has 2 aromatic rings. The molecule has 0 aromatic carbocycles. The molecule has 4 N–H and O–H groups in total. The Labute approximate surface area is 139 Å². The molecule has 23 heavy (non-hydrogen) atoms. The zero-order chi connectivity index (χ0) is 17.1. The Balaban J connectivity index is 1.99. The lowest BCUT2D eigenvalue weighted by Gasteiger charge is -2.15. The number of rotatable bonds is 5. The van der Waals surface area contributed by atoms with E-state index in [2.05, 4.69) is 15.6 Å². The summed E-state index contributed by atoms with van der Waals surface area (Å²) in [5.74, 6) is -0.662. The van der Waals surface area contributed by atoms with Gasteiger partial charge in [0.15, 0.2) is 0 Å². The van der Waals surface area contributed by atoms with Gasteiger partial charge in [0, 0.05) is 31.4 Å². The number of nitrogens with two attached hydrogens (primary N) is 1. The Kier molecular flexibility index (Phi) is 5.23. The minimum Gasteiger partial charge on any atom is -0.350 e. The highest BCUT2D eigenvalue weighted by atomic mass is 35.5. The molecule has 2 aromatic heterocycles. The maximum atomic E-state index is 12.0. The van der Waals surface area contributed by atoms with E-state index in [9.17, 15) is 9.59 Å². The number of carbonyl (C=O) groups excluding carboxylic acids is 2. The summed E-state index contributed by atoms with van der Waals surface area (Å²) in [5, 5.41) is 6.74. The van der Waals surface area contributed by atoms with Gasteiger partial charge in [-0.15, -0.1) is 0 Å². The fourth-order valence-corrected chi connectivity index (χ4v) is 2.39. The molecule has 0 bridgehead atoms. The summed E-state index contributed by atoms with van der Waals surface area (Å²) in [5.41, 5.74) is 7.06.